The fourth-order valence-electron chi connectivity index (χ4n) is 5.61. The molecule has 0 aromatic heterocycles. The average Bonchev–Trinajstić information content (AvgIpc) is 3.22. The van der Waals surface area contributed by atoms with Gasteiger partial charge in [0.25, 0.3) is 5.91 Å². The summed E-state index contributed by atoms with van der Waals surface area (Å²) in [6.45, 7) is 1.46. The summed E-state index contributed by atoms with van der Waals surface area (Å²) >= 11 is 0. The summed E-state index contributed by atoms with van der Waals surface area (Å²) < 4.78 is 0. The van der Waals surface area contributed by atoms with Gasteiger partial charge >= 0.3 is 0 Å². The predicted octanol–water partition coefficient (Wildman–Crippen LogP) is 0.183. The van der Waals surface area contributed by atoms with Gasteiger partial charge in [-0.05, 0) is 49.3 Å². The molecule has 1 aromatic carbocycles. The Hall–Kier alpha value is -2.29. The van der Waals surface area contributed by atoms with Gasteiger partial charge in [-0.3, -0.25) is 19.7 Å². The highest BCUT2D eigenvalue weighted by Gasteiger charge is 2.42. The molecule has 8 nitrogen and oxygen atoms in total. The zero-order chi connectivity index (χ0) is 20.9. The van der Waals surface area contributed by atoms with E-state index < -0.39 is 17.6 Å². The lowest BCUT2D eigenvalue weighted by Gasteiger charge is -2.37. The van der Waals surface area contributed by atoms with Crippen LogP contribution in [-0.4, -0.2) is 58.0 Å². The Morgan fingerprint density at radius 1 is 1.13 bits per heavy atom. The summed E-state index contributed by atoms with van der Waals surface area (Å²) in [5.74, 6) is -0.834. The van der Waals surface area contributed by atoms with E-state index in [0.717, 1.165) is 36.8 Å². The molecule has 1 aromatic rings. The highest BCUT2D eigenvalue weighted by Crippen LogP contribution is 2.34. The van der Waals surface area contributed by atoms with Crippen molar-refractivity contribution in [1.29, 1.82) is 0 Å². The predicted molar refractivity (Wildman–Crippen MR) is 108 cm³/mol. The Kier molecular flexibility index (Phi) is 4.88. The number of imide groups is 1. The SMILES string of the molecule is O=C1CCC(N2Cc3c(CNCC4(O)C[C@H]5CC[C@@H](C4)N5)cccc3C2=O)C(=O)N1. The Morgan fingerprint density at radius 2 is 1.90 bits per heavy atom. The van der Waals surface area contributed by atoms with Crippen LogP contribution in [0.3, 0.4) is 0 Å². The van der Waals surface area contributed by atoms with Crippen molar-refractivity contribution in [2.24, 2.45) is 0 Å². The monoisotopic (exact) mass is 412 g/mol. The van der Waals surface area contributed by atoms with Gasteiger partial charge in [0, 0.05) is 43.7 Å². The van der Waals surface area contributed by atoms with Crippen molar-refractivity contribution in [2.75, 3.05) is 6.54 Å². The molecule has 4 N–H and O–H groups in total. The molecule has 160 valence electrons. The summed E-state index contributed by atoms with van der Waals surface area (Å²) in [4.78, 5) is 38.2. The Bertz CT molecular complexity index is 889. The number of carbonyl (C=O) groups excluding carboxylic acids is 3. The zero-order valence-electron chi connectivity index (χ0n) is 16.9. The molecule has 3 fully saturated rings. The van der Waals surface area contributed by atoms with Crippen LogP contribution in [0.5, 0.6) is 0 Å². The minimum Gasteiger partial charge on any atom is -0.388 e. The molecule has 30 heavy (non-hydrogen) atoms. The maximum atomic E-state index is 12.9. The Morgan fingerprint density at radius 3 is 2.63 bits per heavy atom. The molecule has 8 heteroatoms. The van der Waals surface area contributed by atoms with Crippen molar-refractivity contribution in [3.05, 3.63) is 34.9 Å². The molecule has 0 aliphatic carbocycles. The maximum absolute atomic E-state index is 12.9. The molecule has 0 saturated carbocycles. The summed E-state index contributed by atoms with van der Waals surface area (Å²) in [5, 5.41) is 20.3. The van der Waals surface area contributed by atoms with Crippen LogP contribution < -0.4 is 16.0 Å². The quantitative estimate of drug-likeness (QED) is 0.514. The number of nitrogens with zero attached hydrogens (tertiary/aromatic N) is 1. The van der Waals surface area contributed by atoms with Crippen LogP contribution >= 0.6 is 0 Å². The van der Waals surface area contributed by atoms with Crippen LogP contribution in [0.25, 0.3) is 0 Å². The second kappa shape index (κ2) is 7.44. The smallest absolute Gasteiger partial charge is 0.255 e. The molecule has 2 bridgehead atoms. The van der Waals surface area contributed by atoms with Gasteiger partial charge in [0.15, 0.2) is 0 Å². The number of carbonyl (C=O) groups is 3. The average molecular weight is 412 g/mol. The minimum atomic E-state index is -0.691. The van der Waals surface area contributed by atoms with Crippen LogP contribution in [-0.2, 0) is 22.7 Å². The first-order valence-electron chi connectivity index (χ1n) is 10.9. The molecule has 4 heterocycles. The first-order valence-corrected chi connectivity index (χ1v) is 10.9. The molecule has 3 amide bonds. The molecule has 0 spiro atoms. The van der Waals surface area contributed by atoms with Crippen LogP contribution in [0.15, 0.2) is 18.2 Å². The number of hydrogen-bond acceptors (Lipinski definition) is 6. The molecule has 2 unspecified atom stereocenters. The third-order valence-electron chi connectivity index (χ3n) is 7.04. The van der Waals surface area contributed by atoms with Crippen molar-refractivity contribution >= 4 is 17.7 Å². The van der Waals surface area contributed by atoms with E-state index in [2.05, 4.69) is 16.0 Å². The molecule has 0 radical (unpaired) electrons. The van der Waals surface area contributed by atoms with E-state index in [-0.39, 0.29) is 18.2 Å². The van der Waals surface area contributed by atoms with E-state index in [4.69, 9.17) is 0 Å². The topological polar surface area (TPSA) is 111 Å². The molecule has 3 saturated heterocycles. The first kappa shape index (κ1) is 19.7. The van der Waals surface area contributed by atoms with Gasteiger partial charge in [-0.2, -0.15) is 0 Å². The lowest BCUT2D eigenvalue weighted by Crippen LogP contribution is -2.53. The van der Waals surface area contributed by atoms with Crippen LogP contribution in [0, 0.1) is 0 Å². The van der Waals surface area contributed by atoms with E-state index in [9.17, 15) is 19.5 Å². The highest BCUT2D eigenvalue weighted by atomic mass is 16.3. The van der Waals surface area contributed by atoms with E-state index in [0.29, 0.717) is 43.7 Å². The number of benzene rings is 1. The summed E-state index contributed by atoms with van der Waals surface area (Å²) in [6, 6.07) is 5.87. The number of amides is 3. The van der Waals surface area contributed by atoms with Gasteiger partial charge in [0.05, 0.1) is 5.60 Å². The largest absolute Gasteiger partial charge is 0.388 e. The number of piperidine rings is 2. The highest BCUT2D eigenvalue weighted by molar-refractivity contribution is 6.05. The second-order valence-electron chi connectivity index (χ2n) is 9.22. The van der Waals surface area contributed by atoms with Crippen LogP contribution in [0.1, 0.15) is 60.0 Å². The van der Waals surface area contributed by atoms with Gasteiger partial charge in [-0.25, -0.2) is 0 Å². The lowest BCUT2D eigenvalue weighted by atomic mass is 9.87. The van der Waals surface area contributed by atoms with Gasteiger partial charge in [-0.15, -0.1) is 0 Å². The minimum absolute atomic E-state index is 0.157. The molecule has 5 rings (SSSR count). The molecule has 4 aliphatic rings. The zero-order valence-corrected chi connectivity index (χ0v) is 16.9. The second-order valence-corrected chi connectivity index (χ2v) is 9.22. The number of fused-ring (bicyclic) bond motifs is 3. The summed E-state index contributed by atoms with van der Waals surface area (Å²) in [6.07, 6.45) is 4.42. The van der Waals surface area contributed by atoms with E-state index in [1.807, 2.05) is 12.1 Å². The maximum Gasteiger partial charge on any atom is 0.255 e. The first-order chi connectivity index (χ1) is 14.4. The van der Waals surface area contributed by atoms with Crippen molar-refractivity contribution in [1.82, 2.24) is 20.9 Å². The van der Waals surface area contributed by atoms with Gasteiger partial charge in [0.2, 0.25) is 11.8 Å². The summed E-state index contributed by atoms with van der Waals surface area (Å²) in [7, 11) is 0. The lowest BCUT2D eigenvalue weighted by molar-refractivity contribution is -0.136. The van der Waals surface area contributed by atoms with E-state index in [1.54, 1.807) is 11.0 Å². The standard InChI is InChI=1S/C22H28N4O4/c27-19-7-6-18(20(28)25-19)26-11-17-13(2-1-3-16(17)21(26)29)10-23-12-22(30)8-14-4-5-15(9-22)24-14/h1-3,14-15,18,23-24,30H,4-12H2,(H,25,27,28)/t14-,15+,18?,22?. The molecule has 4 atom stereocenters. The van der Waals surface area contributed by atoms with Crippen LogP contribution in [0.4, 0.5) is 0 Å². The number of nitrogens with one attached hydrogen (secondary N) is 3. The molecular formula is C22H28N4O4. The number of hydrogen-bond donors (Lipinski definition) is 4. The van der Waals surface area contributed by atoms with Crippen molar-refractivity contribution in [3.8, 4) is 0 Å². The normalized spacial score (nSPS) is 33.0. The van der Waals surface area contributed by atoms with Crippen LogP contribution in [0.2, 0.25) is 0 Å². The number of aliphatic hydroxyl groups is 1. The third-order valence-corrected chi connectivity index (χ3v) is 7.04. The van der Waals surface area contributed by atoms with Crippen molar-refractivity contribution in [2.45, 2.75) is 75.3 Å². The Labute approximate surface area is 175 Å². The van der Waals surface area contributed by atoms with Crippen molar-refractivity contribution in [3.63, 3.8) is 0 Å². The molecule has 4 aliphatic heterocycles. The Balaban J connectivity index is 1.25. The van der Waals surface area contributed by atoms with E-state index >= 15 is 0 Å². The summed E-state index contributed by atoms with van der Waals surface area (Å²) in [5.41, 5.74) is 1.87. The van der Waals surface area contributed by atoms with E-state index in [1.165, 1.54) is 0 Å². The van der Waals surface area contributed by atoms with Gasteiger partial charge in [-0.1, -0.05) is 12.1 Å². The molecular weight excluding hydrogens is 384 g/mol. The van der Waals surface area contributed by atoms with Crippen molar-refractivity contribution < 1.29 is 19.5 Å². The fourth-order valence-corrected chi connectivity index (χ4v) is 5.61. The van der Waals surface area contributed by atoms with Gasteiger partial charge < -0.3 is 20.6 Å². The fraction of sp³-hybridized carbons (Fsp3) is 0.591. The third kappa shape index (κ3) is 3.53. The van der Waals surface area contributed by atoms with Gasteiger partial charge in [0.1, 0.15) is 6.04 Å². The number of rotatable bonds is 5.